The molecule has 2 rings (SSSR count). The predicted molar refractivity (Wildman–Crippen MR) is 145 cm³/mol. The highest BCUT2D eigenvalue weighted by Crippen LogP contribution is 2.17. The van der Waals surface area contributed by atoms with Crippen LogP contribution in [-0.2, 0) is 9.59 Å². The van der Waals surface area contributed by atoms with Crippen LogP contribution in [0.5, 0.6) is 0 Å². The Bertz CT molecular complexity index is 1190. The van der Waals surface area contributed by atoms with E-state index in [1.165, 1.54) is 11.0 Å². The number of hydrogen-bond acceptors (Lipinski definition) is 8. The van der Waals surface area contributed by atoms with Crippen LogP contribution in [0, 0.1) is 23.2 Å². The highest BCUT2D eigenvalue weighted by atomic mass is 16.2. The first-order valence-corrected chi connectivity index (χ1v) is 11.9. The van der Waals surface area contributed by atoms with Gasteiger partial charge in [0.15, 0.2) is 0 Å². The predicted octanol–water partition coefficient (Wildman–Crippen LogP) is 2.35. The standard InChI is InChI=1S/C27H34N8O2/c1-20(35(5)24(36)11-9-17-34(3)4)26(37)30-16-8-6-7-10-22-19-31-27(33-25(22)29-2)32-23-14-12-21(18-28)13-15-23/h9,11-15,19-20H,6,8,16-17H2,1-5H3,(H,30,37)(H2,29,31,32,33)/t20-/m0/s1. The van der Waals surface area contributed by atoms with Crippen LogP contribution in [0.4, 0.5) is 17.5 Å². The maximum atomic E-state index is 12.4. The zero-order valence-electron chi connectivity index (χ0n) is 22.0. The summed E-state index contributed by atoms with van der Waals surface area (Å²) in [6, 6.07) is 8.51. The summed E-state index contributed by atoms with van der Waals surface area (Å²) in [6.07, 6.45) is 6.14. The second-order valence-electron chi connectivity index (χ2n) is 8.51. The number of amides is 2. The summed E-state index contributed by atoms with van der Waals surface area (Å²) in [6.45, 7) is 2.81. The third kappa shape index (κ3) is 9.63. The zero-order valence-corrected chi connectivity index (χ0v) is 22.0. The number of rotatable bonds is 11. The van der Waals surface area contributed by atoms with Crippen molar-refractivity contribution in [2.45, 2.75) is 25.8 Å². The van der Waals surface area contributed by atoms with Gasteiger partial charge in [-0.25, -0.2) is 4.98 Å². The maximum Gasteiger partial charge on any atom is 0.246 e. The number of benzene rings is 1. The van der Waals surface area contributed by atoms with Crippen LogP contribution in [0.1, 0.15) is 30.9 Å². The molecule has 0 spiro atoms. The van der Waals surface area contributed by atoms with Gasteiger partial charge < -0.3 is 25.8 Å². The Kier molecular flexibility index (Phi) is 11.6. The highest BCUT2D eigenvalue weighted by molar-refractivity contribution is 5.92. The van der Waals surface area contributed by atoms with Gasteiger partial charge in [-0.15, -0.1) is 0 Å². The third-order valence-corrected chi connectivity index (χ3v) is 5.34. The van der Waals surface area contributed by atoms with Crippen molar-refractivity contribution in [2.75, 3.05) is 51.9 Å². The summed E-state index contributed by atoms with van der Waals surface area (Å²) in [5.74, 6) is 6.73. The van der Waals surface area contributed by atoms with Gasteiger partial charge in [0, 0.05) is 45.4 Å². The molecule has 0 fully saturated rings. The van der Waals surface area contributed by atoms with Crippen LogP contribution in [-0.4, -0.2) is 78.9 Å². The number of nitriles is 1. The molecule has 10 nitrogen and oxygen atoms in total. The summed E-state index contributed by atoms with van der Waals surface area (Å²) >= 11 is 0. The topological polar surface area (TPSA) is 126 Å². The van der Waals surface area contributed by atoms with Crippen LogP contribution in [0.25, 0.3) is 0 Å². The fraction of sp³-hybridized carbons (Fsp3) is 0.370. The van der Waals surface area contributed by atoms with E-state index in [-0.39, 0.29) is 11.8 Å². The molecule has 3 N–H and O–H groups in total. The molecule has 1 aromatic carbocycles. The summed E-state index contributed by atoms with van der Waals surface area (Å²) in [4.78, 5) is 36.7. The molecule has 0 aliphatic rings. The molecule has 1 aromatic heterocycles. The Morgan fingerprint density at radius 3 is 2.57 bits per heavy atom. The lowest BCUT2D eigenvalue weighted by Gasteiger charge is -2.23. The van der Waals surface area contributed by atoms with Crippen LogP contribution >= 0.6 is 0 Å². The highest BCUT2D eigenvalue weighted by Gasteiger charge is 2.20. The first-order chi connectivity index (χ1) is 17.7. The van der Waals surface area contributed by atoms with Crippen molar-refractivity contribution in [3.63, 3.8) is 0 Å². The van der Waals surface area contributed by atoms with E-state index in [0.717, 1.165) is 5.69 Å². The minimum Gasteiger partial charge on any atom is -0.372 e. The summed E-state index contributed by atoms with van der Waals surface area (Å²) in [5.41, 5.74) is 2.01. The number of unbranched alkanes of at least 4 members (excludes halogenated alkanes) is 1. The van der Waals surface area contributed by atoms with E-state index in [9.17, 15) is 9.59 Å². The molecule has 2 aromatic rings. The number of likely N-dealkylation sites (N-methyl/N-ethyl adjacent to an activating group) is 2. The number of nitrogens with one attached hydrogen (secondary N) is 3. The van der Waals surface area contributed by atoms with Gasteiger partial charge in [-0.2, -0.15) is 10.2 Å². The Morgan fingerprint density at radius 1 is 1.19 bits per heavy atom. The molecule has 1 atom stereocenters. The number of carbonyl (C=O) groups excluding carboxylic acids is 2. The molecule has 0 radical (unpaired) electrons. The first kappa shape index (κ1) is 28.8. The molecule has 1 heterocycles. The molecule has 0 aliphatic carbocycles. The van der Waals surface area contributed by atoms with E-state index in [2.05, 4.69) is 43.8 Å². The van der Waals surface area contributed by atoms with Gasteiger partial charge in [0.2, 0.25) is 17.8 Å². The van der Waals surface area contributed by atoms with Crippen molar-refractivity contribution in [1.29, 1.82) is 5.26 Å². The van der Waals surface area contributed by atoms with E-state index >= 15 is 0 Å². The molecule has 0 saturated carbocycles. The average molecular weight is 503 g/mol. The van der Waals surface area contributed by atoms with E-state index in [0.29, 0.717) is 48.8 Å². The van der Waals surface area contributed by atoms with Crippen LogP contribution in [0.15, 0.2) is 42.6 Å². The van der Waals surface area contributed by atoms with Gasteiger partial charge in [0.05, 0.1) is 23.4 Å². The van der Waals surface area contributed by atoms with Gasteiger partial charge in [0.1, 0.15) is 11.9 Å². The number of carbonyl (C=O) groups is 2. The number of anilines is 3. The third-order valence-electron chi connectivity index (χ3n) is 5.34. The largest absolute Gasteiger partial charge is 0.372 e. The molecule has 0 aliphatic heterocycles. The van der Waals surface area contributed by atoms with Crippen LogP contribution in [0.2, 0.25) is 0 Å². The van der Waals surface area contributed by atoms with Gasteiger partial charge in [-0.3, -0.25) is 9.59 Å². The lowest BCUT2D eigenvalue weighted by molar-refractivity contribution is -0.135. The molecule has 2 amide bonds. The first-order valence-electron chi connectivity index (χ1n) is 11.9. The van der Waals surface area contributed by atoms with Crippen LogP contribution in [0.3, 0.4) is 0 Å². The summed E-state index contributed by atoms with van der Waals surface area (Å²) < 4.78 is 0. The van der Waals surface area contributed by atoms with Crippen molar-refractivity contribution in [1.82, 2.24) is 25.1 Å². The van der Waals surface area contributed by atoms with Crippen molar-refractivity contribution in [2.24, 2.45) is 0 Å². The summed E-state index contributed by atoms with van der Waals surface area (Å²) in [7, 11) is 7.21. The molecule has 0 saturated heterocycles. The Balaban J connectivity index is 1.81. The Morgan fingerprint density at radius 2 is 1.92 bits per heavy atom. The minimum absolute atomic E-state index is 0.207. The maximum absolute atomic E-state index is 12.4. The molecular weight excluding hydrogens is 468 g/mol. The molecule has 194 valence electrons. The van der Waals surface area contributed by atoms with E-state index in [1.807, 2.05) is 19.0 Å². The molecule has 0 bridgehead atoms. The SMILES string of the molecule is CNc1nc(Nc2ccc(C#N)cc2)ncc1C#CCCCNC(=O)[C@H](C)N(C)C(=O)C=CCN(C)C. The quantitative estimate of drug-likeness (QED) is 0.243. The lowest BCUT2D eigenvalue weighted by Crippen LogP contribution is -2.45. The zero-order chi connectivity index (χ0) is 27.2. The normalized spacial score (nSPS) is 11.3. The number of nitrogens with zero attached hydrogens (tertiary/aromatic N) is 5. The van der Waals surface area contributed by atoms with Gasteiger partial charge in [-0.1, -0.05) is 17.9 Å². The van der Waals surface area contributed by atoms with Crippen molar-refractivity contribution in [3.05, 3.63) is 53.7 Å². The molecular formula is C27H34N8O2. The van der Waals surface area contributed by atoms with Crippen molar-refractivity contribution in [3.8, 4) is 17.9 Å². The minimum atomic E-state index is -0.575. The van der Waals surface area contributed by atoms with E-state index in [1.54, 1.807) is 57.6 Å². The molecule has 10 heteroatoms. The van der Waals surface area contributed by atoms with Gasteiger partial charge in [0.25, 0.3) is 0 Å². The second kappa shape index (κ2) is 14.9. The van der Waals surface area contributed by atoms with Crippen LogP contribution < -0.4 is 16.0 Å². The van der Waals surface area contributed by atoms with Crippen molar-refractivity contribution >= 4 is 29.3 Å². The Hall–Kier alpha value is -4.41. The Labute approximate surface area is 218 Å². The van der Waals surface area contributed by atoms with Gasteiger partial charge in [-0.05, 0) is 51.7 Å². The second-order valence-corrected chi connectivity index (χ2v) is 8.51. The average Bonchev–Trinajstić information content (AvgIpc) is 2.90. The molecule has 0 unspecified atom stereocenters. The monoisotopic (exact) mass is 502 g/mol. The van der Waals surface area contributed by atoms with E-state index < -0.39 is 6.04 Å². The van der Waals surface area contributed by atoms with Crippen molar-refractivity contribution < 1.29 is 9.59 Å². The fourth-order valence-electron chi connectivity index (χ4n) is 3.02. The smallest absolute Gasteiger partial charge is 0.246 e. The fourth-order valence-corrected chi connectivity index (χ4v) is 3.02. The lowest BCUT2D eigenvalue weighted by atomic mass is 10.2. The number of hydrogen-bond donors (Lipinski definition) is 3. The summed E-state index contributed by atoms with van der Waals surface area (Å²) in [5, 5.41) is 17.9. The number of aromatic nitrogens is 2. The molecule has 37 heavy (non-hydrogen) atoms. The van der Waals surface area contributed by atoms with E-state index in [4.69, 9.17) is 5.26 Å². The van der Waals surface area contributed by atoms with Gasteiger partial charge >= 0.3 is 0 Å².